The minimum absolute atomic E-state index is 0.0391. The average molecular weight is 322 g/mol. The molecular formula is C13H12BrN3O2. The maximum absolute atomic E-state index is 9.93. The molecule has 6 heteroatoms. The predicted octanol–water partition coefficient (Wildman–Crippen LogP) is 3.00. The van der Waals surface area contributed by atoms with Gasteiger partial charge in [-0.25, -0.2) is 4.98 Å². The average Bonchev–Trinajstić information content (AvgIpc) is 2.43. The first-order chi connectivity index (χ1) is 9.20. The quantitative estimate of drug-likeness (QED) is 0.671. The van der Waals surface area contributed by atoms with Gasteiger partial charge in [0.05, 0.1) is 13.3 Å². The Bertz CT molecular complexity index is 588. The molecule has 0 aliphatic heterocycles. The van der Waals surface area contributed by atoms with Crippen molar-refractivity contribution in [1.82, 2.24) is 4.98 Å². The van der Waals surface area contributed by atoms with Gasteiger partial charge in [0.15, 0.2) is 11.5 Å². The number of halogens is 1. The maximum Gasteiger partial charge on any atom is 0.166 e. The van der Waals surface area contributed by atoms with Gasteiger partial charge >= 0.3 is 0 Å². The number of rotatable bonds is 4. The standard InChI is InChI=1S/C13H12BrN3O2/c1-19-11-7-10(14)6-9(13(11)18)8-16-17-12-4-2-3-5-15-12/h2-8,18H,1H3,(H,15,17)/b16-8+. The number of nitrogens with zero attached hydrogens (tertiary/aromatic N) is 2. The zero-order valence-corrected chi connectivity index (χ0v) is 11.8. The van der Waals surface area contributed by atoms with Crippen molar-refractivity contribution in [3.63, 3.8) is 0 Å². The van der Waals surface area contributed by atoms with Crippen molar-refractivity contribution in [3.05, 3.63) is 46.6 Å². The minimum atomic E-state index is 0.0391. The minimum Gasteiger partial charge on any atom is -0.504 e. The van der Waals surface area contributed by atoms with Gasteiger partial charge in [0, 0.05) is 16.2 Å². The van der Waals surface area contributed by atoms with E-state index in [9.17, 15) is 5.11 Å². The molecular weight excluding hydrogens is 310 g/mol. The van der Waals surface area contributed by atoms with Crippen LogP contribution >= 0.6 is 15.9 Å². The van der Waals surface area contributed by atoms with E-state index in [1.165, 1.54) is 13.3 Å². The smallest absolute Gasteiger partial charge is 0.166 e. The molecule has 0 radical (unpaired) electrons. The van der Waals surface area contributed by atoms with E-state index in [-0.39, 0.29) is 5.75 Å². The van der Waals surface area contributed by atoms with Gasteiger partial charge in [-0.05, 0) is 24.3 Å². The lowest BCUT2D eigenvalue weighted by Crippen LogP contribution is -1.94. The number of hydrogen-bond acceptors (Lipinski definition) is 5. The van der Waals surface area contributed by atoms with E-state index in [4.69, 9.17) is 4.74 Å². The molecule has 0 spiro atoms. The Morgan fingerprint density at radius 2 is 2.26 bits per heavy atom. The monoisotopic (exact) mass is 321 g/mol. The molecule has 0 amide bonds. The highest BCUT2D eigenvalue weighted by molar-refractivity contribution is 9.10. The third-order valence-corrected chi connectivity index (χ3v) is 2.79. The van der Waals surface area contributed by atoms with E-state index in [0.29, 0.717) is 17.1 Å². The van der Waals surface area contributed by atoms with Crippen LogP contribution in [0, 0.1) is 0 Å². The highest BCUT2D eigenvalue weighted by Gasteiger charge is 2.07. The van der Waals surface area contributed by atoms with Crippen molar-refractivity contribution in [1.29, 1.82) is 0 Å². The van der Waals surface area contributed by atoms with Gasteiger partial charge in [-0.3, -0.25) is 5.43 Å². The molecule has 0 saturated carbocycles. The van der Waals surface area contributed by atoms with Gasteiger partial charge < -0.3 is 9.84 Å². The summed E-state index contributed by atoms with van der Waals surface area (Å²) >= 11 is 3.34. The fourth-order valence-electron chi connectivity index (χ4n) is 1.45. The normalized spacial score (nSPS) is 10.6. The van der Waals surface area contributed by atoms with E-state index in [0.717, 1.165) is 4.47 Å². The van der Waals surface area contributed by atoms with Crippen molar-refractivity contribution >= 4 is 28.0 Å². The van der Waals surface area contributed by atoms with Crippen LogP contribution in [0.1, 0.15) is 5.56 Å². The van der Waals surface area contributed by atoms with Crippen LogP contribution in [-0.2, 0) is 0 Å². The molecule has 1 aromatic carbocycles. The zero-order chi connectivity index (χ0) is 13.7. The summed E-state index contributed by atoms with van der Waals surface area (Å²) in [7, 11) is 1.49. The molecule has 0 fully saturated rings. The SMILES string of the molecule is COc1cc(Br)cc(/C=N/Nc2ccccn2)c1O. The number of hydrogen-bond donors (Lipinski definition) is 2. The van der Waals surface area contributed by atoms with E-state index >= 15 is 0 Å². The largest absolute Gasteiger partial charge is 0.504 e. The molecule has 1 heterocycles. The van der Waals surface area contributed by atoms with Crippen LogP contribution < -0.4 is 10.2 Å². The van der Waals surface area contributed by atoms with Gasteiger partial charge in [-0.1, -0.05) is 22.0 Å². The summed E-state index contributed by atoms with van der Waals surface area (Å²) in [5, 5.41) is 13.9. The molecule has 5 nitrogen and oxygen atoms in total. The van der Waals surface area contributed by atoms with Gasteiger partial charge in [0.25, 0.3) is 0 Å². The van der Waals surface area contributed by atoms with Crippen LogP contribution in [-0.4, -0.2) is 23.4 Å². The second-order valence-electron chi connectivity index (χ2n) is 3.63. The van der Waals surface area contributed by atoms with Gasteiger partial charge in [0.2, 0.25) is 0 Å². The second kappa shape index (κ2) is 6.19. The first kappa shape index (κ1) is 13.4. The highest BCUT2D eigenvalue weighted by atomic mass is 79.9. The number of phenolic OH excluding ortho intramolecular Hbond substituents is 1. The van der Waals surface area contributed by atoms with E-state index in [1.807, 2.05) is 12.1 Å². The molecule has 2 N–H and O–H groups in total. The number of nitrogens with one attached hydrogen (secondary N) is 1. The number of ether oxygens (including phenoxy) is 1. The summed E-state index contributed by atoms with van der Waals surface area (Å²) in [5.41, 5.74) is 3.31. The Morgan fingerprint density at radius 3 is 2.95 bits per heavy atom. The Kier molecular flexibility index (Phi) is 4.35. The number of benzene rings is 1. The Hall–Kier alpha value is -2.08. The highest BCUT2D eigenvalue weighted by Crippen LogP contribution is 2.32. The lowest BCUT2D eigenvalue weighted by molar-refractivity contribution is 0.373. The predicted molar refractivity (Wildman–Crippen MR) is 77.8 cm³/mol. The molecule has 1 aromatic heterocycles. The number of pyridine rings is 1. The fourth-order valence-corrected chi connectivity index (χ4v) is 1.90. The van der Waals surface area contributed by atoms with E-state index in [2.05, 4.69) is 31.4 Å². The third kappa shape index (κ3) is 3.45. The van der Waals surface area contributed by atoms with E-state index < -0.39 is 0 Å². The molecule has 19 heavy (non-hydrogen) atoms. The van der Waals surface area contributed by atoms with Crippen LogP contribution in [0.4, 0.5) is 5.82 Å². The summed E-state index contributed by atoms with van der Waals surface area (Å²) in [6, 6.07) is 8.88. The van der Waals surface area contributed by atoms with Crippen molar-refractivity contribution < 1.29 is 9.84 Å². The summed E-state index contributed by atoms with van der Waals surface area (Å²) in [6.45, 7) is 0. The van der Waals surface area contributed by atoms with Crippen molar-refractivity contribution in [2.45, 2.75) is 0 Å². The third-order valence-electron chi connectivity index (χ3n) is 2.34. The second-order valence-corrected chi connectivity index (χ2v) is 4.55. The summed E-state index contributed by atoms with van der Waals surface area (Å²) in [4.78, 5) is 4.06. The summed E-state index contributed by atoms with van der Waals surface area (Å²) < 4.78 is 5.85. The van der Waals surface area contributed by atoms with Crippen molar-refractivity contribution in [2.24, 2.45) is 5.10 Å². The van der Waals surface area contributed by atoms with Crippen LogP contribution in [0.25, 0.3) is 0 Å². The molecule has 0 saturated heterocycles. The Labute approximate surface area is 119 Å². The lowest BCUT2D eigenvalue weighted by Gasteiger charge is -2.06. The van der Waals surface area contributed by atoms with Gasteiger partial charge in [0.1, 0.15) is 5.82 Å². The first-order valence-electron chi connectivity index (χ1n) is 5.47. The van der Waals surface area contributed by atoms with Crippen LogP contribution in [0.2, 0.25) is 0 Å². The number of phenols is 1. The lowest BCUT2D eigenvalue weighted by atomic mass is 10.2. The van der Waals surface area contributed by atoms with Crippen molar-refractivity contribution in [3.8, 4) is 11.5 Å². The number of hydrazone groups is 1. The van der Waals surface area contributed by atoms with Crippen molar-refractivity contribution in [2.75, 3.05) is 12.5 Å². The molecule has 98 valence electrons. The molecule has 0 aliphatic carbocycles. The Balaban J connectivity index is 2.17. The Morgan fingerprint density at radius 1 is 1.42 bits per heavy atom. The zero-order valence-electron chi connectivity index (χ0n) is 10.2. The van der Waals surface area contributed by atoms with Crippen LogP contribution in [0.3, 0.4) is 0 Å². The molecule has 0 atom stereocenters. The number of anilines is 1. The number of methoxy groups -OCH3 is 1. The fraction of sp³-hybridized carbons (Fsp3) is 0.0769. The van der Waals surface area contributed by atoms with Crippen LogP contribution in [0.5, 0.6) is 11.5 Å². The topological polar surface area (TPSA) is 66.7 Å². The van der Waals surface area contributed by atoms with Gasteiger partial charge in [-0.15, -0.1) is 0 Å². The molecule has 0 bridgehead atoms. The molecule has 0 aliphatic rings. The first-order valence-corrected chi connectivity index (χ1v) is 6.26. The molecule has 2 rings (SSSR count). The molecule has 0 unspecified atom stereocenters. The van der Waals surface area contributed by atoms with E-state index in [1.54, 1.807) is 24.4 Å². The number of aromatic nitrogens is 1. The van der Waals surface area contributed by atoms with Crippen LogP contribution in [0.15, 0.2) is 46.1 Å². The summed E-state index contributed by atoms with van der Waals surface area (Å²) in [5.74, 6) is 1.05. The maximum atomic E-state index is 9.93. The van der Waals surface area contributed by atoms with Gasteiger partial charge in [-0.2, -0.15) is 5.10 Å². The number of aromatic hydroxyl groups is 1. The summed E-state index contributed by atoms with van der Waals surface area (Å²) in [6.07, 6.45) is 3.16. The molecule has 2 aromatic rings.